The minimum atomic E-state index is -0.635. The van der Waals surface area contributed by atoms with E-state index in [1.165, 1.54) is 30.8 Å². The molecule has 1 atom stereocenters. The number of halogens is 1. The van der Waals surface area contributed by atoms with Crippen LogP contribution in [0.25, 0.3) is 0 Å². The number of anilines is 1. The molecule has 1 aromatic heterocycles. The first-order chi connectivity index (χ1) is 10.8. The molecule has 2 rings (SSSR count). The van der Waals surface area contributed by atoms with Crippen molar-refractivity contribution in [3.05, 3.63) is 62.0 Å². The maximum absolute atomic E-state index is 13.1. The highest BCUT2D eigenvalue weighted by molar-refractivity contribution is 5.54. The summed E-state index contributed by atoms with van der Waals surface area (Å²) in [5.41, 5.74) is -0.456. The maximum atomic E-state index is 13.1. The van der Waals surface area contributed by atoms with Gasteiger partial charge in [0, 0.05) is 21.1 Å². The van der Waals surface area contributed by atoms with Crippen LogP contribution in [0.1, 0.15) is 24.1 Å². The van der Waals surface area contributed by atoms with Gasteiger partial charge in [-0.15, -0.1) is 0 Å². The highest BCUT2D eigenvalue weighted by atomic mass is 19.1. The Morgan fingerprint density at radius 1 is 1.17 bits per heavy atom. The van der Waals surface area contributed by atoms with E-state index in [1.807, 2.05) is 13.0 Å². The Morgan fingerprint density at radius 3 is 2.26 bits per heavy atom. The molecule has 1 aromatic carbocycles. The van der Waals surface area contributed by atoms with Crippen LogP contribution < -0.4 is 16.1 Å². The predicted octanol–water partition coefficient (Wildman–Crippen LogP) is 1.29. The van der Waals surface area contributed by atoms with Gasteiger partial charge in [-0.2, -0.15) is 5.26 Å². The molecular weight excluding hydrogens is 299 g/mol. The molecule has 0 spiro atoms. The molecule has 120 valence electrons. The van der Waals surface area contributed by atoms with Gasteiger partial charge < -0.3 is 4.90 Å². The molecule has 6 nitrogen and oxygen atoms in total. The van der Waals surface area contributed by atoms with Gasteiger partial charge in [0.2, 0.25) is 0 Å². The lowest BCUT2D eigenvalue weighted by molar-refractivity contribution is 0.621. The summed E-state index contributed by atoms with van der Waals surface area (Å²) >= 11 is 0. The van der Waals surface area contributed by atoms with Crippen molar-refractivity contribution < 1.29 is 4.39 Å². The summed E-state index contributed by atoms with van der Waals surface area (Å²) in [6.45, 7) is 1.84. The molecule has 0 aliphatic rings. The predicted molar refractivity (Wildman–Crippen MR) is 84.9 cm³/mol. The Kier molecular flexibility index (Phi) is 4.36. The van der Waals surface area contributed by atoms with Crippen LogP contribution in [0.2, 0.25) is 0 Å². The average Bonchev–Trinajstić information content (AvgIpc) is 2.55. The van der Waals surface area contributed by atoms with Gasteiger partial charge in [-0.05, 0) is 24.6 Å². The van der Waals surface area contributed by atoms with Crippen LogP contribution in [0, 0.1) is 17.1 Å². The highest BCUT2D eigenvalue weighted by Gasteiger charge is 2.22. The number of nitriles is 1. The van der Waals surface area contributed by atoms with E-state index in [4.69, 9.17) is 0 Å². The van der Waals surface area contributed by atoms with Crippen LogP contribution >= 0.6 is 0 Å². The summed E-state index contributed by atoms with van der Waals surface area (Å²) in [6.07, 6.45) is 0. The SMILES string of the molecule is CC(c1ccc(F)cc1)N(C)c1c(C#N)c(=O)n(C)c(=O)n1C. The molecule has 0 aliphatic carbocycles. The van der Waals surface area contributed by atoms with Crippen molar-refractivity contribution in [3.63, 3.8) is 0 Å². The van der Waals surface area contributed by atoms with Crippen molar-refractivity contribution in [3.8, 4) is 6.07 Å². The number of hydrogen-bond acceptors (Lipinski definition) is 4. The van der Waals surface area contributed by atoms with E-state index in [0.29, 0.717) is 0 Å². The number of nitrogens with zero attached hydrogens (tertiary/aromatic N) is 4. The fourth-order valence-electron chi connectivity index (χ4n) is 2.49. The number of benzene rings is 1. The third kappa shape index (κ3) is 2.75. The van der Waals surface area contributed by atoms with E-state index < -0.39 is 11.2 Å². The Labute approximate surface area is 132 Å². The van der Waals surface area contributed by atoms with E-state index in [2.05, 4.69) is 0 Å². The van der Waals surface area contributed by atoms with Crippen molar-refractivity contribution in [2.24, 2.45) is 14.1 Å². The van der Waals surface area contributed by atoms with E-state index in [9.17, 15) is 19.2 Å². The molecule has 7 heteroatoms. The lowest BCUT2D eigenvalue weighted by atomic mass is 10.1. The minimum Gasteiger partial charge on any atom is -0.353 e. The summed E-state index contributed by atoms with van der Waals surface area (Å²) in [6, 6.07) is 7.55. The smallest absolute Gasteiger partial charge is 0.332 e. The monoisotopic (exact) mass is 316 g/mol. The Balaban J connectivity index is 2.62. The van der Waals surface area contributed by atoms with Gasteiger partial charge >= 0.3 is 5.69 Å². The quantitative estimate of drug-likeness (QED) is 0.855. The summed E-state index contributed by atoms with van der Waals surface area (Å²) in [4.78, 5) is 25.9. The van der Waals surface area contributed by atoms with Gasteiger partial charge in [0.25, 0.3) is 5.56 Å². The molecule has 1 heterocycles. The third-order valence-corrected chi connectivity index (χ3v) is 4.01. The van der Waals surface area contributed by atoms with Crippen molar-refractivity contribution >= 4 is 5.82 Å². The summed E-state index contributed by atoms with van der Waals surface area (Å²) in [5.74, 6) is -0.111. The lowest BCUT2D eigenvalue weighted by Crippen LogP contribution is -2.42. The van der Waals surface area contributed by atoms with Crippen LogP contribution in [0.3, 0.4) is 0 Å². The van der Waals surface area contributed by atoms with Gasteiger partial charge in [-0.25, -0.2) is 9.18 Å². The molecule has 0 N–H and O–H groups in total. The van der Waals surface area contributed by atoms with Crippen molar-refractivity contribution in [1.29, 1.82) is 5.26 Å². The summed E-state index contributed by atoms with van der Waals surface area (Å²) in [7, 11) is 4.52. The fourth-order valence-corrected chi connectivity index (χ4v) is 2.49. The molecule has 0 saturated carbocycles. The van der Waals surface area contributed by atoms with Crippen molar-refractivity contribution in [1.82, 2.24) is 9.13 Å². The first-order valence-electron chi connectivity index (χ1n) is 6.98. The van der Waals surface area contributed by atoms with Crippen LogP contribution in [0.5, 0.6) is 0 Å². The van der Waals surface area contributed by atoms with E-state index >= 15 is 0 Å². The molecule has 0 saturated heterocycles. The lowest BCUT2D eigenvalue weighted by Gasteiger charge is -2.29. The molecular formula is C16H17FN4O2. The van der Waals surface area contributed by atoms with E-state index in [-0.39, 0.29) is 23.2 Å². The van der Waals surface area contributed by atoms with Crippen LogP contribution in [0.15, 0.2) is 33.9 Å². The van der Waals surface area contributed by atoms with Crippen molar-refractivity contribution in [2.45, 2.75) is 13.0 Å². The molecule has 0 aliphatic heterocycles. The van der Waals surface area contributed by atoms with E-state index in [1.54, 1.807) is 24.1 Å². The Bertz CT molecular complexity index is 891. The van der Waals surface area contributed by atoms with Gasteiger partial charge in [-0.3, -0.25) is 13.9 Å². The van der Waals surface area contributed by atoms with E-state index in [0.717, 1.165) is 10.1 Å². The second-order valence-electron chi connectivity index (χ2n) is 5.35. The van der Waals surface area contributed by atoms with Crippen LogP contribution in [0.4, 0.5) is 10.2 Å². The standard InChI is InChI=1S/C16H17FN4O2/c1-10(11-5-7-12(17)8-6-11)19(2)14-13(9-18)15(22)21(4)16(23)20(14)3/h5-8,10H,1-4H3. The summed E-state index contributed by atoms with van der Waals surface area (Å²) in [5, 5.41) is 9.32. The molecule has 0 amide bonds. The molecule has 1 unspecified atom stereocenters. The Morgan fingerprint density at radius 2 is 1.74 bits per heavy atom. The minimum absolute atomic E-state index is 0.105. The number of rotatable bonds is 3. The topological polar surface area (TPSA) is 71.0 Å². The molecule has 0 radical (unpaired) electrons. The fraction of sp³-hybridized carbons (Fsp3) is 0.312. The third-order valence-electron chi connectivity index (χ3n) is 4.01. The molecule has 23 heavy (non-hydrogen) atoms. The second kappa shape index (κ2) is 6.08. The molecule has 0 fully saturated rings. The second-order valence-corrected chi connectivity index (χ2v) is 5.35. The van der Waals surface area contributed by atoms with Crippen molar-refractivity contribution in [2.75, 3.05) is 11.9 Å². The number of hydrogen-bond donors (Lipinski definition) is 0. The van der Waals surface area contributed by atoms with Gasteiger partial charge in [0.05, 0.1) is 6.04 Å². The first kappa shape index (κ1) is 16.5. The number of aromatic nitrogens is 2. The largest absolute Gasteiger partial charge is 0.353 e. The molecule has 2 aromatic rings. The average molecular weight is 316 g/mol. The van der Waals surface area contributed by atoms with Gasteiger partial charge in [0.1, 0.15) is 17.7 Å². The van der Waals surface area contributed by atoms with Crippen LogP contribution in [-0.2, 0) is 14.1 Å². The maximum Gasteiger partial charge on any atom is 0.332 e. The molecule has 0 bridgehead atoms. The zero-order valence-electron chi connectivity index (χ0n) is 13.4. The summed E-state index contributed by atoms with van der Waals surface area (Å²) < 4.78 is 15.2. The zero-order valence-corrected chi connectivity index (χ0v) is 13.4. The Hall–Kier alpha value is -2.88. The van der Waals surface area contributed by atoms with Gasteiger partial charge in [-0.1, -0.05) is 12.1 Å². The zero-order chi connectivity index (χ0) is 17.3. The normalized spacial score (nSPS) is 11.8. The highest BCUT2D eigenvalue weighted by Crippen LogP contribution is 2.25. The first-order valence-corrected chi connectivity index (χ1v) is 6.98. The van der Waals surface area contributed by atoms with Crippen LogP contribution in [-0.4, -0.2) is 16.2 Å². The van der Waals surface area contributed by atoms with Gasteiger partial charge in [0.15, 0.2) is 5.56 Å².